The zero-order valence-corrected chi connectivity index (χ0v) is 15.7. The molecule has 3 aromatic rings. The van der Waals surface area contributed by atoms with Crippen molar-refractivity contribution < 1.29 is 9.53 Å². The highest BCUT2D eigenvalue weighted by atomic mass is 32.1. The van der Waals surface area contributed by atoms with E-state index in [0.29, 0.717) is 5.13 Å². The smallest absolute Gasteiger partial charge is 0.250 e. The van der Waals surface area contributed by atoms with Crippen molar-refractivity contribution in [3.05, 3.63) is 54.1 Å². The fourth-order valence-electron chi connectivity index (χ4n) is 4.06. The minimum Gasteiger partial charge on any atom is -0.497 e. The molecule has 3 heterocycles. The first-order valence-electron chi connectivity index (χ1n) is 9.07. The largest absolute Gasteiger partial charge is 0.497 e. The molecule has 138 valence electrons. The monoisotopic (exact) mass is 380 g/mol. The molecule has 2 fully saturated rings. The lowest BCUT2D eigenvalue weighted by molar-refractivity contribution is -0.121. The average molecular weight is 380 g/mol. The summed E-state index contributed by atoms with van der Waals surface area (Å²) in [6.45, 7) is 0.867. The van der Waals surface area contributed by atoms with Crippen LogP contribution in [0.25, 0.3) is 10.2 Å². The standard InChI is InChI=1S/C20H20N4O2S/c1-26-13-8-6-12(7-9-13)14-10-11-21-18-17(14)19(25)24(23-18)20-22-15-4-2-3-5-16(15)27-20/h2-9,14,17-18,21,23H,10-11H2,1H3. The van der Waals surface area contributed by atoms with Gasteiger partial charge < -0.3 is 4.74 Å². The van der Waals surface area contributed by atoms with Crippen LogP contribution in [0, 0.1) is 5.92 Å². The molecule has 0 spiro atoms. The molecule has 2 aromatic carbocycles. The fourth-order valence-corrected chi connectivity index (χ4v) is 5.00. The zero-order chi connectivity index (χ0) is 18.4. The lowest BCUT2D eigenvalue weighted by atomic mass is 9.79. The Bertz CT molecular complexity index is 954. The number of benzene rings is 2. The fraction of sp³-hybridized carbons (Fsp3) is 0.300. The number of methoxy groups -OCH3 is 1. The topological polar surface area (TPSA) is 66.5 Å². The molecule has 3 atom stereocenters. The third-order valence-electron chi connectivity index (χ3n) is 5.40. The number of ether oxygens (including phenoxy) is 1. The van der Waals surface area contributed by atoms with E-state index in [0.717, 1.165) is 28.9 Å². The van der Waals surface area contributed by atoms with E-state index < -0.39 is 0 Å². The van der Waals surface area contributed by atoms with Crippen LogP contribution in [0.15, 0.2) is 48.5 Å². The van der Waals surface area contributed by atoms with Crippen LogP contribution < -0.4 is 20.5 Å². The van der Waals surface area contributed by atoms with Crippen LogP contribution in [-0.2, 0) is 4.79 Å². The molecule has 6 nitrogen and oxygen atoms in total. The van der Waals surface area contributed by atoms with Gasteiger partial charge in [0.15, 0.2) is 0 Å². The van der Waals surface area contributed by atoms with Gasteiger partial charge in [-0.05, 0) is 48.7 Å². The molecule has 0 radical (unpaired) electrons. The van der Waals surface area contributed by atoms with Gasteiger partial charge in [0.1, 0.15) is 5.75 Å². The average Bonchev–Trinajstić information content (AvgIpc) is 3.29. The van der Waals surface area contributed by atoms with Crippen molar-refractivity contribution in [3.8, 4) is 5.75 Å². The molecule has 0 bridgehead atoms. The minimum absolute atomic E-state index is 0.0760. The molecular formula is C20H20N4O2S. The Morgan fingerprint density at radius 2 is 2.00 bits per heavy atom. The lowest BCUT2D eigenvalue weighted by Crippen LogP contribution is -2.50. The van der Waals surface area contributed by atoms with Gasteiger partial charge in [0.05, 0.1) is 29.4 Å². The van der Waals surface area contributed by atoms with Crippen molar-refractivity contribution >= 4 is 32.6 Å². The number of amides is 1. The van der Waals surface area contributed by atoms with Crippen molar-refractivity contribution in [1.29, 1.82) is 0 Å². The second-order valence-corrected chi connectivity index (χ2v) is 7.90. The van der Waals surface area contributed by atoms with E-state index in [1.54, 1.807) is 12.1 Å². The van der Waals surface area contributed by atoms with E-state index in [9.17, 15) is 4.79 Å². The predicted octanol–water partition coefficient (Wildman–Crippen LogP) is 2.88. The van der Waals surface area contributed by atoms with Gasteiger partial charge in [-0.1, -0.05) is 35.6 Å². The number of carbonyl (C=O) groups is 1. The Morgan fingerprint density at radius 1 is 1.19 bits per heavy atom. The van der Waals surface area contributed by atoms with Crippen LogP contribution in [0.5, 0.6) is 5.75 Å². The van der Waals surface area contributed by atoms with E-state index in [1.807, 2.05) is 36.4 Å². The Hall–Kier alpha value is -2.48. The Balaban J connectivity index is 1.46. The van der Waals surface area contributed by atoms with Gasteiger partial charge >= 0.3 is 0 Å². The van der Waals surface area contributed by atoms with Gasteiger partial charge in [0.25, 0.3) is 0 Å². The number of para-hydroxylation sites is 1. The molecule has 2 N–H and O–H groups in total. The Labute approximate surface area is 161 Å². The molecule has 2 aliphatic rings. The third-order valence-corrected chi connectivity index (χ3v) is 6.43. The van der Waals surface area contributed by atoms with Gasteiger partial charge in [0, 0.05) is 0 Å². The highest BCUT2D eigenvalue weighted by Gasteiger charge is 2.48. The normalized spacial score (nSPS) is 25.0. The highest BCUT2D eigenvalue weighted by molar-refractivity contribution is 7.22. The molecule has 27 heavy (non-hydrogen) atoms. The highest BCUT2D eigenvalue weighted by Crippen LogP contribution is 2.39. The maximum atomic E-state index is 13.3. The number of hydrazine groups is 1. The van der Waals surface area contributed by atoms with Crippen molar-refractivity contribution in [2.24, 2.45) is 5.92 Å². The third kappa shape index (κ3) is 2.79. The summed E-state index contributed by atoms with van der Waals surface area (Å²) in [6, 6.07) is 16.0. The summed E-state index contributed by atoms with van der Waals surface area (Å²) in [7, 11) is 1.66. The van der Waals surface area contributed by atoms with Gasteiger partial charge in [-0.2, -0.15) is 0 Å². The second kappa shape index (κ2) is 6.60. The molecular weight excluding hydrogens is 360 g/mol. The van der Waals surface area contributed by atoms with Crippen LogP contribution in [0.4, 0.5) is 5.13 Å². The number of hydrogen-bond donors (Lipinski definition) is 2. The molecule has 1 amide bonds. The molecule has 2 aliphatic heterocycles. The molecule has 7 heteroatoms. The molecule has 0 aliphatic carbocycles. The zero-order valence-electron chi connectivity index (χ0n) is 14.9. The molecule has 5 rings (SSSR count). The SMILES string of the molecule is COc1ccc(C2CCNC3NN(c4nc5ccccc5s4)C(=O)C32)cc1. The van der Waals surface area contributed by atoms with Gasteiger partial charge in [-0.3, -0.25) is 10.1 Å². The Morgan fingerprint density at radius 3 is 2.78 bits per heavy atom. The number of nitrogens with zero attached hydrogens (tertiary/aromatic N) is 2. The first kappa shape index (κ1) is 16.7. The number of carbonyl (C=O) groups excluding carboxylic acids is 1. The van der Waals surface area contributed by atoms with Crippen LogP contribution in [-0.4, -0.2) is 30.7 Å². The maximum absolute atomic E-state index is 13.3. The molecule has 2 saturated heterocycles. The maximum Gasteiger partial charge on any atom is 0.250 e. The summed E-state index contributed by atoms with van der Waals surface area (Å²) in [5, 5.41) is 5.78. The number of nitrogens with one attached hydrogen (secondary N) is 2. The molecule has 0 saturated carbocycles. The lowest BCUT2D eigenvalue weighted by Gasteiger charge is -2.32. The number of hydrogen-bond acceptors (Lipinski definition) is 6. The first-order chi connectivity index (χ1) is 13.2. The van der Waals surface area contributed by atoms with E-state index in [4.69, 9.17) is 4.74 Å². The number of piperidine rings is 1. The summed E-state index contributed by atoms with van der Waals surface area (Å²) in [4.78, 5) is 17.9. The van der Waals surface area contributed by atoms with Gasteiger partial charge in [-0.15, -0.1) is 0 Å². The summed E-state index contributed by atoms with van der Waals surface area (Å²) in [5.41, 5.74) is 5.43. The summed E-state index contributed by atoms with van der Waals surface area (Å²) in [5.74, 6) is 0.920. The summed E-state index contributed by atoms with van der Waals surface area (Å²) >= 11 is 1.53. The quantitative estimate of drug-likeness (QED) is 0.731. The predicted molar refractivity (Wildman–Crippen MR) is 106 cm³/mol. The van der Waals surface area contributed by atoms with E-state index in [1.165, 1.54) is 16.9 Å². The minimum atomic E-state index is -0.154. The number of aromatic nitrogens is 1. The number of rotatable bonds is 3. The van der Waals surface area contributed by atoms with Gasteiger partial charge in [-0.25, -0.2) is 15.4 Å². The van der Waals surface area contributed by atoms with Crippen LogP contribution in [0.2, 0.25) is 0 Å². The summed E-state index contributed by atoms with van der Waals surface area (Å²) < 4.78 is 6.34. The van der Waals surface area contributed by atoms with Crippen molar-refractivity contribution in [2.75, 3.05) is 18.7 Å². The second-order valence-electron chi connectivity index (χ2n) is 6.89. The summed E-state index contributed by atoms with van der Waals surface area (Å²) in [6.07, 6.45) is 0.847. The van der Waals surface area contributed by atoms with Gasteiger partial charge in [0.2, 0.25) is 11.0 Å². The van der Waals surface area contributed by atoms with E-state index in [2.05, 4.69) is 27.9 Å². The molecule has 1 aromatic heterocycles. The van der Waals surface area contributed by atoms with Crippen molar-refractivity contribution in [1.82, 2.24) is 15.7 Å². The number of thiazole rings is 1. The molecule has 3 unspecified atom stereocenters. The van der Waals surface area contributed by atoms with E-state index >= 15 is 0 Å². The van der Waals surface area contributed by atoms with Crippen LogP contribution >= 0.6 is 11.3 Å². The van der Waals surface area contributed by atoms with Crippen molar-refractivity contribution in [2.45, 2.75) is 18.5 Å². The first-order valence-corrected chi connectivity index (χ1v) is 9.89. The van der Waals surface area contributed by atoms with Crippen LogP contribution in [0.1, 0.15) is 17.9 Å². The van der Waals surface area contributed by atoms with E-state index in [-0.39, 0.29) is 23.9 Å². The number of anilines is 1. The van der Waals surface area contributed by atoms with Crippen molar-refractivity contribution in [3.63, 3.8) is 0 Å². The van der Waals surface area contributed by atoms with Crippen LogP contribution in [0.3, 0.4) is 0 Å². The Kier molecular flexibility index (Phi) is 4.07. The number of fused-ring (bicyclic) bond motifs is 2.